The highest BCUT2D eigenvalue weighted by atomic mass is 35.5. The summed E-state index contributed by atoms with van der Waals surface area (Å²) in [4.78, 5) is 12.9. The summed E-state index contributed by atoms with van der Waals surface area (Å²) in [5.41, 5.74) is 1.12. The summed E-state index contributed by atoms with van der Waals surface area (Å²) in [5, 5.41) is 3.89. The summed E-state index contributed by atoms with van der Waals surface area (Å²) in [6.07, 6.45) is 0. The van der Waals surface area contributed by atoms with Crippen molar-refractivity contribution in [2.75, 3.05) is 20.6 Å². The predicted molar refractivity (Wildman–Crippen MR) is 66.6 cm³/mol. The van der Waals surface area contributed by atoms with Crippen LogP contribution in [0.2, 0.25) is 5.02 Å². The fourth-order valence-electron chi connectivity index (χ4n) is 1.27. The minimum Gasteiger partial charge on any atom is -0.348 e. The molecule has 0 fully saturated rings. The average molecular weight is 241 g/mol. The van der Waals surface area contributed by atoms with E-state index in [0.29, 0.717) is 6.54 Å². The van der Waals surface area contributed by atoms with Crippen LogP contribution in [0.15, 0.2) is 24.3 Å². The van der Waals surface area contributed by atoms with Crippen molar-refractivity contribution in [3.05, 3.63) is 34.9 Å². The zero-order chi connectivity index (χ0) is 12.1. The molecule has 0 unspecified atom stereocenters. The molecule has 3 nitrogen and oxygen atoms in total. The van der Waals surface area contributed by atoms with Gasteiger partial charge in [0.05, 0.1) is 6.54 Å². The molecule has 0 bridgehead atoms. The van der Waals surface area contributed by atoms with Crippen molar-refractivity contribution in [2.45, 2.75) is 13.0 Å². The molecule has 1 rings (SSSR count). The Hall–Kier alpha value is -1.06. The third-order valence-electron chi connectivity index (χ3n) is 2.43. The molecule has 0 aromatic heterocycles. The number of hydrogen-bond donors (Lipinski definition) is 1. The second-order valence-corrected chi connectivity index (χ2v) is 4.38. The van der Waals surface area contributed by atoms with Gasteiger partial charge in [0.15, 0.2) is 0 Å². The van der Waals surface area contributed by atoms with Crippen LogP contribution in [0.25, 0.3) is 0 Å². The van der Waals surface area contributed by atoms with Gasteiger partial charge in [-0.2, -0.15) is 0 Å². The fourth-order valence-corrected chi connectivity index (χ4v) is 1.39. The zero-order valence-corrected chi connectivity index (χ0v) is 10.6. The minimum atomic E-state index is 0.0702. The van der Waals surface area contributed by atoms with Gasteiger partial charge < -0.3 is 10.2 Å². The number of hydrogen-bond acceptors (Lipinski definition) is 2. The Morgan fingerprint density at radius 1 is 1.38 bits per heavy atom. The first-order valence-electron chi connectivity index (χ1n) is 5.19. The summed E-state index contributed by atoms with van der Waals surface area (Å²) >= 11 is 5.80. The molecule has 0 saturated heterocycles. The van der Waals surface area contributed by atoms with Crippen LogP contribution in [0, 0.1) is 0 Å². The summed E-state index contributed by atoms with van der Waals surface area (Å²) in [5.74, 6) is 0.0702. The number of rotatable bonds is 4. The summed E-state index contributed by atoms with van der Waals surface area (Å²) in [7, 11) is 3.49. The maximum absolute atomic E-state index is 11.4. The van der Waals surface area contributed by atoms with E-state index < -0.39 is 0 Å². The van der Waals surface area contributed by atoms with Gasteiger partial charge in [0, 0.05) is 25.2 Å². The highest BCUT2D eigenvalue weighted by Crippen LogP contribution is 2.15. The van der Waals surface area contributed by atoms with Crippen molar-refractivity contribution in [1.29, 1.82) is 0 Å². The van der Waals surface area contributed by atoms with Gasteiger partial charge in [-0.25, -0.2) is 0 Å². The number of benzene rings is 1. The number of amides is 1. The van der Waals surface area contributed by atoms with Crippen molar-refractivity contribution < 1.29 is 4.79 Å². The van der Waals surface area contributed by atoms with Crippen LogP contribution >= 0.6 is 11.6 Å². The van der Waals surface area contributed by atoms with Crippen molar-refractivity contribution in [3.8, 4) is 0 Å². The lowest BCUT2D eigenvalue weighted by Gasteiger charge is -2.16. The van der Waals surface area contributed by atoms with Crippen LogP contribution in [-0.2, 0) is 4.79 Å². The highest BCUT2D eigenvalue weighted by Gasteiger charge is 2.08. The third-order valence-corrected chi connectivity index (χ3v) is 2.68. The Morgan fingerprint density at radius 2 is 1.94 bits per heavy atom. The Balaban J connectivity index is 2.49. The number of nitrogens with zero attached hydrogens (tertiary/aromatic N) is 1. The Bertz CT molecular complexity index is 349. The van der Waals surface area contributed by atoms with E-state index in [2.05, 4.69) is 5.32 Å². The SMILES string of the molecule is C[C@@H](NCC(=O)N(C)C)c1ccc(Cl)cc1. The topological polar surface area (TPSA) is 32.3 Å². The molecule has 1 aromatic carbocycles. The lowest BCUT2D eigenvalue weighted by molar-refractivity contribution is -0.127. The second kappa shape index (κ2) is 5.87. The van der Waals surface area contributed by atoms with Crippen LogP contribution in [0.4, 0.5) is 0 Å². The van der Waals surface area contributed by atoms with Gasteiger partial charge >= 0.3 is 0 Å². The zero-order valence-electron chi connectivity index (χ0n) is 9.83. The standard InChI is InChI=1S/C12H17ClN2O/c1-9(14-8-12(16)15(2)3)10-4-6-11(13)7-5-10/h4-7,9,14H,8H2,1-3H3/t9-/m1/s1. The van der Waals surface area contributed by atoms with Crippen molar-refractivity contribution in [1.82, 2.24) is 10.2 Å². The third kappa shape index (κ3) is 3.83. The van der Waals surface area contributed by atoms with Gasteiger partial charge in [-0.15, -0.1) is 0 Å². The number of halogens is 1. The van der Waals surface area contributed by atoms with Crippen LogP contribution in [0.5, 0.6) is 0 Å². The molecular weight excluding hydrogens is 224 g/mol. The number of nitrogens with one attached hydrogen (secondary N) is 1. The fraction of sp³-hybridized carbons (Fsp3) is 0.417. The molecule has 0 aliphatic carbocycles. The van der Waals surface area contributed by atoms with E-state index in [9.17, 15) is 4.79 Å². The molecule has 0 saturated carbocycles. The van der Waals surface area contributed by atoms with Gasteiger partial charge in [-0.3, -0.25) is 4.79 Å². The van der Waals surface area contributed by atoms with Gasteiger partial charge in [-0.05, 0) is 24.6 Å². The Kier molecular flexibility index (Phi) is 4.77. The highest BCUT2D eigenvalue weighted by molar-refractivity contribution is 6.30. The predicted octanol–water partition coefficient (Wildman–Crippen LogP) is 2.08. The molecule has 1 N–H and O–H groups in total. The van der Waals surface area contributed by atoms with Gasteiger partial charge in [0.2, 0.25) is 5.91 Å². The minimum absolute atomic E-state index is 0.0702. The van der Waals surface area contributed by atoms with E-state index >= 15 is 0 Å². The van der Waals surface area contributed by atoms with Crippen LogP contribution in [0.1, 0.15) is 18.5 Å². The number of carbonyl (C=O) groups is 1. The van der Waals surface area contributed by atoms with E-state index in [1.165, 1.54) is 0 Å². The summed E-state index contributed by atoms with van der Waals surface area (Å²) in [6.45, 7) is 2.36. The maximum atomic E-state index is 11.4. The average Bonchev–Trinajstić information content (AvgIpc) is 2.26. The van der Waals surface area contributed by atoms with Crippen LogP contribution in [-0.4, -0.2) is 31.4 Å². The molecule has 16 heavy (non-hydrogen) atoms. The molecule has 1 aromatic rings. The molecule has 4 heteroatoms. The van der Waals surface area contributed by atoms with Crippen molar-refractivity contribution >= 4 is 17.5 Å². The van der Waals surface area contributed by atoms with E-state index in [4.69, 9.17) is 11.6 Å². The smallest absolute Gasteiger partial charge is 0.236 e. The van der Waals surface area contributed by atoms with Gasteiger partial charge in [0.25, 0.3) is 0 Å². The summed E-state index contributed by atoms with van der Waals surface area (Å²) in [6, 6.07) is 7.76. The lowest BCUT2D eigenvalue weighted by atomic mass is 10.1. The van der Waals surface area contributed by atoms with E-state index in [1.54, 1.807) is 19.0 Å². The van der Waals surface area contributed by atoms with Gasteiger partial charge in [0.1, 0.15) is 0 Å². The number of carbonyl (C=O) groups excluding carboxylic acids is 1. The first-order valence-corrected chi connectivity index (χ1v) is 5.57. The first-order chi connectivity index (χ1) is 7.50. The molecule has 1 atom stereocenters. The van der Waals surface area contributed by atoms with E-state index in [1.807, 2.05) is 31.2 Å². The summed E-state index contributed by atoms with van der Waals surface area (Å²) < 4.78 is 0. The van der Waals surface area contributed by atoms with Crippen molar-refractivity contribution in [3.63, 3.8) is 0 Å². The van der Waals surface area contributed by atoms with E-state index in [0.717, 1.165) is 10.6 Å². The quantitative estimate of drug-likeness (QED) is 0.874. The molecule has 1 amide bonds. The lowest BCUT2D eigenvalue weighted by Crippen LogP contribution is -2.34. The molecule has 0 aliphatic heterocycles. The molecule has 0 aliphatic rings. The molecule has 0 spiro atoms. The molecule has 0 heterocycles. The Labute approximate surface area is 101 Å². The molecular formula is C12H17ClN2O. The first kappa shape index (κ1) is 13.0. The Morgan fingerprint density at radius 3 is 2.44 bits per heavy atom. The molecule has 0 radical (unpaired) electrons. The monoisotopic (exact) mass is 240 g/mol. The second-order valence-electron chi connectivity index (χ2n) is 3.94. The number of likely N-dealkylation sites (N-methyl/N-ethyl adjacent to an activating group) is 1. The normalized spacial score (nSPS) is 12.2. The van der Waals surface area contributed by atoms with Crippen LogP contribution < -0.4 is 5.32 Å². The molecule has 88 valence electrons. The largest absolute Gasteiger partial charge is 0.348 e. The van der Waals surface area contributed by atoms with Gasteiger partial charge in [-0.1, -0.05) is 23.7 Å². The maximum Gasteiger partial charge on any atom is 0.236 e. The van der Waals surface area contributed by atoms with Crippen molar-refractivity contribution in [2.24, 2.45) is 0 Å². The van der Waals surface area contributed by atoms with Crippen LogP contribution in [0.3, 0.4) is 0 Å². The van der Waals surface area contributed by atoms with E-state index in [-0.39, 0.29) is 11.9 Å².